The zero-order chi connectivity index (χ0) is 21.2. The van der Waals surface area contributed by atoms with Crippen LogP contribution in [0.4, 0.5) is 5.69 Å². The van der Waals surface area contributed by atoms with Crippen molar-refractivity contribution in [1.29, 1.82) is 0 Å². The topological polar surface area (TPSA) is 86.8 Å². The number of rotatable bonds is 5. The Balaban J connectivity index is 1.87. The molecule has 0 radical (unpaired) electrons. The van der Waals surface area contributed by atoms with Crippen molar-refractivity contribution in [2.24, 2.45) is 0 Å². The molecule has 0 bridgehead atoms. The van der Waals surface area contributed by atoms with Crippen LogP contribution in [0.25, 0.3) is 0 Å². The van der Waals surface area contributed by atoms with Crippen molar-refractivity contribution < 1.29 is 18.0 Å². The maximum absolute atomic E-state index is 13.0. The Labute approximate surface area is 175 Å². The van der Waals surface area contributed by atoms with Crippen LogP contribution in [-0.2, 0) is 14.8 Å². The second-order valence-electron chi connectivity index (χ2n) is 7.00. The molecule has 1 aliphatic rings. The van der Waals surface area contributed by atoms with Gasteiger partial charge in [0, 0.05) is 31.7 Å². The van der Waals surface area contributed by atoms with Crippen molar-refractivity contribution in [3.8, 4) is 0 Å². The van der Waals surface area contributed by atoms with E-state index in [0.717, 1.165) is 17.5 Å². The van der Waals surface area contributed by atoms with Crippen LogP contribution in [0.3, 0.4) is 0 Å². The van der Waals surface area contributed by atoms with Crippen LogP contribution in [0.15, 0.2) is 41.3 Å². The number of carbonyl (C=O) groups is 2. The van der Waals surface area contributed by atoms with E-state index in [1.54, 1.807) is 22.8 Å². The minimum atomic E-state index is -3.99. The van der Waals surface area contributed by atoms with Crippen LogP contribution in [-0.4, -0.2) is 56.7 Å². The van der Waals surface area contributed by atoms with E-state index in [4.69, 9.17) is 11.6 Å². The van der Waals surface area contributed by atoms with Gasteiger partial charge in [0.2, 0.25) is 6.41 Å². The van der Waals surface area contributed by atoms with Gasteiger partial charge in [-0.05, 0) is 49.2 Å². The maximum Gasteiger partial charge on any atom is 0.263 e. The monoisotopic (exact) mass is 435 g/mol. The van der Waals surface area contributed by atoms with Crippen LogP contribution in [0, 0.1) is 13.8 Å². The number of carbonyl (C=O) groups excluding carboxylic acids is 2. The maximum atomic E-state index is 13.0. The Hall–Kier alpha value is -2.58. The van der Waals surface area contributed by atoms with Gasteiger partial charge in [0.05, 0.1) is 10.7 Å². The molecule has 0 aliphatic carbocycles. The Bertz CT molecular complexity index is 1050. The van der Waals surface area contributed by atoms with Gasteiger partial charge in [-0.3, -0.25) is 14.3 Å². The Morgan fingerprint density at radius 3 is 2.41 bits per heavy atom. The van der Waals surface area contributed by atoms with Crippen molar-refractivity contribution in [3.05, 3.63) is 58.1 Å². The lowest BCUT2D eigenvalue weighted by molar-refractivity contribution is -0.119. The number of nitrogens with zero attached hydrogens (tertiary/aromatic N) is 2. The first kappa shape index (κ1) is 21.1. The fraction of sp³-hybridized carbons (Fsp3) is 0.300. The van der Waals surface area contributed by atoms with Crippen LogP contribution in [0.1, 0.15) is 21.5 Å². The summed E-state index contributed by atoms with van der Waals surface area (Å²) in [4.78, 5) is 26.7. The number of sulfonamides is 1. The summed E-state index contributed by atoms with van der Waals surface area (Å²) in [6, 6.07) is 9.67. The molecule has 1 fully saturated rings. The number of anilines is 1. The van der Waals surface area contributed by atoms with Crippen molar-refractivity contribution in [3.63, 3.8) is 0 Å². The van der Waals surface area contributed by atoms with E-state index in [9.17, 15) is 18.0 Å². The standard InChI is InChI=1S/C20H22ClN3O4S/c1-14-3-4-15(2)18(11-14)22-29(27,28)19-12-16(5-6-17(19)21)20(26)24-9-7-23(13-25)8-10-24/h3-6,11-13,22H,7-10H2,1-2H3. The van der Waals surface area contributed by atoms with E-state index in [-0.39, 0.29) is 21.4 Å². The van der Waals surface area contributed by atoms with E-state index >= 15 is 0 Å². The zero-order valence-electron chi connectivity index (χ0n) is 16.2. The molecule has 1 saturated heterocycles. The molecule has 0 aromatic heterocycles. The largest absolute Gasteiger partial charge is 0.342 e. The molecule has 0 unspecified atom stereocenters. The van der Waals surface area contributed by atoms with E-state index in [0.29, 0.717) is 31.9 Å². The number of aryl methyl sites for hydroxylation is 2. The molecular weight excluding hydrogens is 414 g/mol. The molecule has 2 amide bonds. The number of nitrogens with one attached hydrogen (secondary N) is 1. The predicted molar refractivity (Wildman–Crippen MR) is 112 cm³/mol. The van der Waals surface area contributed by atoms with E-state index in [1.165, 1.54) is 18.2 Å². The summed E-state index contributed by atoms with van der Waals surface area (Å²) in [5, 5.41) is 0.0325. The Kier molecular flexibility index (Phi) is 6.14. The quantitative estimate of drug-likeness (QED) is 0.731. The molecule has 29 heavy (non-hydrogen) atoms. The molecule has 0 saturated carbocycles. The average Bonchev–Trinajstić information content (AvgIpc) is 2.70. The zero-order valence-corrected chi connectivity index (χ0v) is 17.8. The summed E-state index contributed by atoms with van der Waals surface area (Å²) >= 11 is 6.16. The van der Waals surface area contributed by atoms with Gasteiger partial charge in [-0.1, -0.05) is 23.7 Å². The molecule has 0 atom stereocenters. The van der Waals surface area contributed by atoms with Gasteiger partial charge >= 0.3 is 0 Å². The summed E-state index contributed by atoms with van der Waals surface area (Å²) in [6.45, 7) is 5.35. The van der Waals surface area contributed by atoms with E-state index in [2.05, 4.69) is 4.72 Å². The van der Waals surface area contributed by atoms with Gasteiger partial charge in [-0.15, -0.1) is 0 Å². The minimum Gasteiger partial charge on any atom is -0.342 e. The molecule has 2 aromatic rings. The molecular formula is C20H22ClN3O4S. The van der Waals surface area contributed by atoms with Crippen molar-refractivity contribution in [2.75, 3.05) is 30.9 Å². The van der Waals surface area contributed by atoms with Crippen LogP contribution in [0.5, 0.6) is 0 Å². The minimum absolute atomic E-state index is 0.0325. The lowest BCUT2D eigenvalue weighted by atomic mass is 10.1. The third-order valence-corrected chi connectivity index (χ3v) is 6.70. The van der Waals surface area contributed by atoms with Crippen molar-refractivity contribution in [2.45, 2.75) is 18.7 Å². The average molecular weight is 436 g/mol. The highest BCUT2D eigenvalue weighted by Crippen LogP contribution is 2.27. The first-order valence-corrected chi connectivity index (χ1v) is 11.0. The molecule has 154 valence electrons. The number of hydrogen-bond acceptors (Lipinski definition) is 4. The first-order chi connectivity index (χ1) is 13.7. The fourth-order valence-corrected chi connectivity index (χ4v) is 4.75. The highest BCUT2D eigenvalue weighted by atomic mass is 35.5. The SMILES string of the molecule is Cc1ccc(C)c(NS(=O)(=O)c2cc(C(=O)N3CCN(C=O)CC3)ccc2Cl)c1. The summed E-state index contributed by atoms with van der Waals surface area (Å²) in [6.07, 6.45) is 0.758. The van der Waals surface area contributed by atoms with Crippen LogP contribution >= 0.6 is 11.6 Å². The Morgan fingerprint density at radius 2 is 1.76 bits per heavy atom. The summed E-state index contributed by atoms with van der Waals surface area (Å²) in [7, 11) is -3.99. The number of piperazine rings is 1. The lowest BCUT2D eigenvalue weighted by Gasteiger charge is -2.32. The van der Waals surface area contributed by atoms with E-state index < -0.39 is 10.0 Å². The van der Waals surface area contributed by atoms with Crippen LogP contribution < -0.4 is 4.72 Å². The lowest BCUT2D eigenvalue weighted by Crippen LogP contribution is -2.48. The number of halogens is 1. The molecule has 3 rings (SSSR count). The number of hydrogen-bond donors (Lipinski definition) is 1. The molecule has 0 spiro atoms. The fourth-order valence-electron chi connectivity index (χ4n) is 3.10. The Morgan fingerprint density at radius 1 is 1.07 bits per heavy atom. The smallest absolute Gasteiger partial charge is 0.263 e. The third kappa shape index (κ3) is 4.71. The van der Waals surface area contributed by atoms with Crippen molar-refractivity contribution in [1.82, 2.24) is 9.80 Å². The second-order valence-corrected chi connectivity index (χ2v) is 9.06. The normalized spacial score (nSPS) is 14.6. The number of amides is 2. The van der Waals surface area contributed by atoms with Gasteiger partial charge in [-0.25, -0.2) is 8.42 Å². The van der Waals surface area contributed by atoms with Gasteiger partial charge < -0.3 is 9.80 Å². The second kappa shape index (κ2) is 8.42. The highest BCUT2D eigenvalue weighted by molar-refractivity contribution is 7.92. The van der Waals surface area contributed by atoms with Gasteiger partial charge in [0.25, 0.3) is 15.9 Å². The third-order valence-electron chi connectivity index (χ3n) is 4.86. The summed E-state index contributed by atoms with van der Waals surface area (Å²) in [5.74, 6) is -0.296. The summed E-state index contributed by atoms with van der Waals surface area (Å²) < 4.78 is 28.5. The van der Waals surface area contributed by atoms with E-state index in [1.807, 2.05) is 19.1 Å². The molecule has 7 nitrogen and oxygen atoms in total. The van der Waals surface area contributed by atoms with Gasteiger partial charge in [0.15, 0.2) is 0 Å². The number of benzene rings is 2. The van der Waals surface area contributed by atoms with Crippen molar-refractivity contribution >= 4 is 39.6 Å². The molecule has 2 aromatic carbocycles. The molecule has 1 aliphatic heterocycles. The first-order valence-electron chi connectivity index (χ1n) is 9.09. The van der Waals surface area contributed by atoms with Gasteiger partial charge in [-0.2, -0.15) is 0 Å². The van der Waals surface area contributed by atoms with Gasteiger partial charge in [0.1, 0.15) is 4.90 Å². The summed E-state index contributed by atoms with van der Waals surface area (Å²) in [5.41, 5.74) is 2.38. The van der Waals surface area contributed by atoms with Crippen LogP contribution in [0.2, 0.25) is 5.02 Å². The predicted octanol–water partition coefficient (Wildman–Crippen LogP) is 2.67. The molecule has 1 heterocycles. The molecule has 9 heteroatoms. The highest BCUT2D eigenvalue weighted by Gasteiger charge is 2.25. The molecule has 1 N–H and O–H groups in total.